The van der Waals surface area contributed by atoms with Crippen molar-refractivity contribution in [3.63, 3.8) is 0 Å². The van der Waals surface area contributed by atoms with Gasteiger partial charge >= 0.3 is 0 Å². The van der Waals surface area contributed by atoms with Crippen LogP contribution in [-0.2, 0) is 5.41 Å². The normalized spacial score (nSPS) is 24.2. The molecule has 1 aliphatic rings. The van der Waals surface area contributed by atoms with Crippen molar-refractivity contribution in [3.05, 3.63) is 34.9 Å². The smallest absolute Gasteiger partial charge is 0.0100 e. The van der Waals surface area contributed by atoms with E-state index in [1.165, 1.54) is 24.8 Å². The third-order valence-electron chi connectivity index (χ3n) is 4.75. The van der Waals surface area contributed by atoms with Crippen molar-refractivity contribution in [3.8, 4) is 0 Å². The first-order chi connectivity index (χ1) is 7.95. The SMILES string of the molecule is CCC(C)C1CCC(C)(C)c2ccc(C)cc21. The highest BCUT2D eigenvalue weighted by molar-refractivity contribution is 5.41. The Morgan fingerprint density at radius 2 is 2.06 bits per heavy atom. The quantitative estimate of drug-likeness (QED) is 0.655. The molecule has 0 heterocycles. The lowest BCUT2D eigenvalue weighted by Gasteiger charge is -2.39. The van der Waals surface area contributed by atoms with Crippen molar-refractivity contribution in [2.75, 3.05) is 0 Å². The van der Waals surface area contributed by atoms with E-state index in [0.29, 0.717) is 5.41 Å². The van der Waals surface area contributed by atoms with Crippen LogP contribution in [0.4, 0.5) is 0 Å². The monoisotopic (exact) mass is 230 g/mol. The molecule has 1 aliphatic carbocycles. The summed E-state index contributed by atoms with van der Waals surface area (Å²) < 4.78 is 0. The molecule has 2 rings (SSSR count). The van der Waals surface area contributed by atoms with Gasteiger partial charge in [-0.05, 0) is 48.1 Å². The second-order valence-electron chi connectivity index (χ2n) is 6.51. The summed E-state index contributed by atoms with van der Waals surface area (Å²) >= 11 is 0. The molecule has 0 bridgehead atoms. The van der Waals surface area contributed by atoms with Crippen molar-refractivity contribution in [2.45, 2.75) is 65.2 Å². The van der Waals surface area contributed by atoms with Crippen LogP contribution in [0.3, 0.4) is 0 Å². The van der Waals surface area contributed by atoms with Crippen molar-refractivity contribution in [1.82, 2.24) is 0 Å². The molecule has 0 heteroatoms. The van der Waals surface area contributed by atoms with Gasteiger partial charge in [0, 0.05) is 0 Å². The second kappa shape index (κ2) is 4.48. The first-order valence-electron chi connectivity index (χ1n) is 7.06. The fourth-order valence-corrected chi connectivity index (χ4v) is 3.29. The Morgan fingerprint density at radius 1 is 1.35 bits per heavy atom. The largest absolute Gasteiger partial charge is 0.0651 e. The minimum atomic E-state index is 0.368. The standard InChI is InChI=1S/C17H26/c1-6-13(3)14-9-10-17(4,5)16-8-7-12(2)11-15(14)16/h7-8,11,13-14H,6,9-10H2,1-5H3. The molecule has 17 heavy (non-hydrogen) atoms. The van der Waals surface area contributed by atoms with Gasteiger partial charge < -0.3 is 0 Å². The van der Waals surface area contributed by atoms with E-state index in [2.05, 4.69) is 52.8 Å². The van der Waals surface area contributed by atoms with Crippen LogP contribution in [0.2, 0.25) is 0 Å². The maximum atomic E-state index is 2.44. The lowest BCUT2D eigenvalue weighted by atomic mass is 9.65. The zero-order valence-electron chi connectivity index (χ0n) is 12.0. The molecule has 0 fully saturated rings. The summed E-state index contributed by atoms with van der Waals surface area (Å²) in [7, 11) is 0. The van der Waals surface area contributed by atoms with Gasteiger partial charge in [0.15, 0.2) is 0 Å². The highest BCUT2D eigenvalue weighted by Gasteiger charge is 2.34. The molecule has 94 valence electrons. The van der Waals surface area contributed by atoms with E-state index in [-0.39, 0.29) is 0 Å². The minimum absolute atomic E-state index is 0.368. The molecule has 2 unspecified atom stereocenters. The molecule has 1 aromatic carbocycles. The Hall–Kier alpha value is -0.780. The Bertz CT molecular complexity index is 400. The van der Waals surface area contributed by atoms with Gasteiger partial charge in [0.05, 0.1) is 0 Å². The molecule has 1 aromatic rings. The summed E-state index contributed by atoms with van der Waals surface area (Å²) in [5.41, 5.74) is 5.01. The average Bonchev–Trinajstić information content (AvgIpc) is 2.27. The lowest BCUT2D eigenvalue weighted by Crippen LogP contribution is -2.28. The average molecular weight is 230 g/mol. The van der Waals surface area contributed by atoms with E-state index < -0.39 is 0 Å². The highest BCUT2D eigenvalue weighted by Crippen LogP contribution is 2.46. The summed E-state index contributed by atoms with van der Waals surface area (Å²) in [6.07, 6.45) is 3.98. The van der Waals surface area contributed by atoms with Gasteiger partial charge in [-0.25, -0.2) is 0 Å². The van der Waals surface area contributed by atoms with Gasteiger partial charge in [0.25, 0.3) is 0 Å². The fourth-order valence-electron chi connectivity index (χ4n) is 3.29. The lowest BCUT2D eigenvalue weighted by molar-refractivity contribution is 0.328. The highest BCUT2D eigenvalue weighted by atomic mass is 14.4. The Morgan fingerprint density at radius 3 is 2.71 bits per heavy atom. The molecule has 0 saturated carbocycles. The summed E-state index contributed by atoms with van der Waals surface area (Å²) in [5.74, 6) is 1.59. The zero-order valence-corrected chi connectivity index (χ0v) is 12.0. The number of hydrogen-bond donors (Lipinski definition) is 0. The van der Waals surface area contributed by atoms with Crippen LogP contribution in [0.25, 0.3) is 0 Å². The summed E-state index contributed by atoms with van der Waals surface area (Å²) in [6.45, 7) is 11.7. The second-order valence-corrected chi connectivity index (χ2v) is 6.51. The summed E-state index contributed by atoms with van der Waals surface area (Å²) in [6, 6.07) is 7.09. The predicted molar refractivity (Wildman–Crippen MR) is 75.6 cm³/mol. The fraction of sp³-hybridized carbons (Fsp3) is 0.647. The molecule has 0 saturated heterocycles. The molecule has 0 nitrogen and oxygen atoms in total. The van der Waals surface area contributed by atoms with Crippen molar-refractivity contribution in [2.24, 2.45) is 5.92 Å². The van der Waals surface area contributed by atoms with Gasteiger partial charge in [0.2, 0.25) is 0 Å². The van der Waals surface area contributed by atoms with E-state index in [4.69, 9.17) is 0 Å². The van der Waals surface area contributed by atoms with Gasteiger partial charge in [-0.1, -0.05) is 57.9 Å². The summed E-state index contributed by atoms with van der Waals surface area (Å²) in [5, 5.41) is 0. The van der Waals surface area contributed by atoms with Crippen LogP contribution in [-0.4, -0.2) is 0 Å². The van der Waals surface area contributed by atoms with Gasteiger partial charge in [-0.2, -0.15) is 0 Å². The van der Waals surface area contributed by atoms with Crippen molar-refractivity contribution >= 4 is 0 Å². The summed E-state index contributed by atoms with van der Waals surface area (Å²) in [4.78, 5) is 0. The topological polar surface area (TPSA) is 0 Å². The molecule has 0 spiro atoms. The van der Waals surface area contributed by atoms with Crippen LogP contribution in [0.15, 0.2) is 18.2 Å². The Labute approximate surface area is 106 Å². The third-order valence-corrected chi connectivity index (χ3v) is 4.75. The molecule has 0 amide bonds. The van der Waals surface area contributed by atoms with Crippen LogP contribution in [0.1, 0.15) is 69.6 Å². The molecule has 0 N–H and O–H groups in total. The molecule has 2 atom stereocenters. The number of fused-ring (bicyclic) bond motifs is 1. The molecule has 0 aromatic heterocycles. The maximum absolute atomic E-state index is 2.44. The van der Waals surface area contributed by atoms with Crippen molar-refractivity contribution < 1.29 is 0 Å². The number of aryl methyl sites for hydroxylation is 1. The number of benzene rings is 1. The molecular formula is C17H26. The van der Waals surface area contributed by atoms with Gasteiger partial charge in [-0.15, -0.1) is 0 Å². The Kier molecular flexibility index (Phi) is 3.34. The van der Waals surface area contributed by atoms with E-state index in [1.807, 2.05) is 0 Å². The van der Waals surface area contributed by atoms with E-state index in [1.54, 1.807) is 11.1 Å². The molecule has 0 radical (unpaired) electrons. The maximum Gasteiger partial charge on any atom is -0.0100 e. The van der Waals surface area contributed by atoms with Crippen LogP contribution >= 0.6 is 0 Å². The van der Waals surface area contributed by atoms with E-state index >= 15 is 0 Å². The van der Waals surface area contributed by atoms with Crippen molar-refractivity contribution in [1.29, 1.82) is 0 Å². The first kappa shape index (κ1) is 12.7. The first-order valence-corrected chi connectivity index (χ1v) is 7.06. The van der Waals surface area contributed by atoms with E-state index in [0.717, 1.165) is 11.8 Å². The van der Waals surface area contributed by atoms with Crippen LogP contribution < -0.4 is 0 Å². The predicted octanol–water partition coefficient (Wildman–Crippen LogP) is 5.20. The molecular weight excluding hydrogens is 204 g/mol. The van der Waals surface area contributed by atoms with Crippen LogP contribution in [0, 0.1) is 12.8 Å². The number of rotatable bonds is 2. The third kappa shape index (κ3) is 2.27. The number of hydrogen-bond acceptors (Lipinski definition) is 0. The van der Waals surface area contributed by atoms with E-state index in [9.17, 15) is 0 Å². The zero-order chi connectivity index (χ0) is 12.6. The Balaban J connectivity index is 2.49. The minimum Gasteiger partial charge on any atom is -0.0651 e. The van der Waals surface area contributed by atoms with Crippen LogP contribution in [0.5, 0.6) is 0 Å². The molecule has 0 aliphatic heterocycles. The van der Waals surface area contributed by atoms with Gasteiger partial charge in [-0.3, -0.25) is 0 Å². The van der Waals surface area contributed by atoms with Gasteiger partial charge in [0.1, 0.15) is 0 Å².